The zero-order chi connectivity index (χ0) is 9.97. The van der Waals surface area contributed by atoms with Crippen molar-refractivity contribution in [1.29, 1.82) is 0 Å². The van der Waals surface area contributed by atoms with E-state index in [-0.39, 0.29) is 11.8 Å². The van der Waals surface area contributed by atoms with Gasteiger partial charge in [-0.3, -0.25) is 4.79 Å². The maximum atomic E-state index is 11.2. The van der Waals surface area contributed by atoms with Gasteiger partial charge in [0.15, 0.2) is 5.78 Å². The summed E-state index contributed by atoms with van der Waals surface area (Å²) < 4.78 is 0. The Bertz CT molecular complexity index is 382. The van der Waals surface area contributed by atoms with E-state index in [0.29, 0.717) is 6.42 Å². The van der Waals surface area contributed by atoms with Crippen LogP contribution < -0.4 is 5.32 Å². The van der Waals surface area contributed by atoms with Gasteiger partial charge in [-0.2, -0.15) is 0 Å². The first kappa shape index (κ1) is 9.00. The molecule has 0 amide bonds. The standard InChI is InChI=1S/C12H13NO/c1-9-4-2-3-5-11(9)12-8-10(14)6-7-13-12/h2-7,12-13H,8H2,1H3/t12-/m0/s1. The molecule has 0 saturated heterocycles. The summed E-state index contributed by atoms with van der Waals surface area (Å²) in [6, 6.07) is 8.31. The van der Waals surface area contributed by atoms with Crippen LogP contribution >= 0.6 is 0 Å². The molecule has 0 unspecified atom stereocenters. The number of aryl methyl sites for hydroxylation is 1. The number of nitrogens with one attached hydrogen (secondary N) is 1. The van der Waals surface area contributed by atoms with Crippen LogP contribution in [0.15, 0.2) is 36.5 Å². The van der Waals surface area contributed by atoms with Crippen molar-refractivity contribution in [1.82, 2.24) is 5.32 Å². The maximum absolute atomic E-state index is 11.2. The largest absolute Gasteiger partial charge is 0.384 e. The molecule has 1 heterocycles. The number of carbonyl (C=O) groups is 1. The molecule has 0 aliphatic carbocycles. The average molecular weight is 187 g/mol. The van der Waals surface area contributed by atoms with Gasteiger partial charge in [0.05, 0.1) is 6.04 Å². The number of benzene rings is 1. The summed E-state index contributed by atoms with van der Waals surface area (Å²) >= 11 is 0. The van der Waals surface area contributed by atoms with Crippen molar-refractivity contribution in [2.24, 2.45) is 0 Å². The van der Waals surface area contributed by atoms with E-state index in [4.69, 9.17) is 0 Å². The van der Waals surface area contributed by atoms with Crippen LogP contribution in [0, 0.1) is 6.92 Å². The Morgan fingerprint density at radius 2 is 2.14 bits per heavy atom. The van der Waals surface area contributed by atoms with Crippen molar-refractivity contribution in [2.45, 2.75) is 19.4 Å². The first-order valence-corrected chi connectivity index (χ1v) is 4.78. The summed E-state index contributed by atoms with van der Waals surface area (Å²) in [5.74, 6) is 0.192. The molecule has 0 bridgehead atoms. The van der Waals surface area contributed by atoms with Gasteiger partial charge in [0.25, 0.3) is 0 Å². The summed E-state index contributed by atoms with van der Waals surface area (Å²) in [5.41, 5.74) is 2.44. The number of hydrogen-bond acceptors (Lipinski definition) is 2. The first-order valence-electron chi connectivity index (χ1n) is 4.78. The molecule has 14 heavy (non-hydrogen) atoms. The predicted octanol–water partition coefficient (Wildman–Crippen LogP) is 2.11. The fraction of sp³-hybridized carbons (Fsp3) is 0.250. The van der Waals surface area contributed by atoms with Gasteiger partial charge in [-0.25, -0.2) is 0 Å². The third kappa shape index (κ3) is 1.69. The molecule has 2 nitrogen and oxygen atoms in total. The van der Waals surface area contributed by atoms with E-state index in [1.165, 1.54) is 11.1 Å². The molecule has 2 rings (SSSR count). The van der Waals surface area contributed by atoms with Crippen LogP contribution in [0.5, 0.6) is 0 Å². The number of carbonyl (C=O) groups excluding carboxylic acids is 1. The lowest BCUT2D eigenvalue weighted by molar-refractivity contribution is -0.115. The zero-order valence-electron chi connectivity index (χ0n) is 8.16. The Labute approximate surface area is 83.6 Å². The van der Waals surface area contributed by atoms with Gasteiger partial charge in [-0.1, -0.05) is 24.3 Å². The molecule has 1 N–H and O–H groups in total. The van der Waals surface area contributed by atoms with Crippen LogP contribution in [0.25, 0.3) is 0 Å². The van der Waals surface area contributed by atoms with Crippen molar-refractivity contribution in [3.05, 3.63) is 47.7 Å². The normalized spacial score (nSPS) is 20.6. The molecular formula is C12H13NO. The zero-order valence-corrected chi connectivity index (χ0v) is 8.16. The maximum Gasteiger partial charge on any atom is 0.159 e. The average Bonchev–Trinajstić information content (AvgIpc) is 2.18. The smallest absolute Gasteiger partial charge is 0.159 e. The molecule has 2 heteroatoms. The summed E-state index contributed by atoms with van der Waals surface area (Å²) in [4.78, 5) is 11.2. The molecule has 1 aliphatic rings. The highest BCUT2D eigenvalue weighted by molar-refractivity contribution is 5.90. The second kappa shape index (κ2) is 3.66. The van der Waals surface area contributed by atoms with Gasteiger partial charge >= 0.3 is 0 Å². The Kier molecular flexibility index (Phi) is 2.35. The highest BCUT2D eigenvalue weighted by atomic mass is 16.1. The van der Waals surface area contributed by atoms with Gasteiger partial charge in [0.1, 0.15) is 0 Å². The van der Waals surface area contributed by atoms with Gasteiger partial charge in [0, 0.05) is 12.6 Å². The minimum absolute atomic E-state index is 0.147. The number of ketones is 1. The monoisotopic (exact) mass is 187 g/mol. The number of hydrogen-bond donors (Lipinski definition) is 1. The van der Waals surface area contributed by atoms with Crippen LogP contribution in [0.2, 0.25) is 0 Å². The number of allylic oxidation sites excluding steroid dienone is 1. The molecule has 1 aromatic rings. The van der Waals surface area contributed by atoms with Crippen LogP contribution in [0.4, 0.5) is 0 Å². The van der Waals surface area contributed by atoms with E-state index in [0.717, 1.165) is 0 Å². The van der Waals surface area contributed by atoms with Crippen molar-refractivity contribution in [2.75, 3.05) is 0 Å². The van der Waals surface area contributed by atoms with Crippen molar-refractivity contribution in [3.63, 3.8) is 0 Å². The minimum atomic E-state index is 0.147. The van der Waals surface area contributed by atoms with Crippen LogP contribution in [0.1, 0.15) is 23.6 Å². The summed E-state index contributed by atoms with van der Waals surface area (Å²) in [5, 5.41) is 3.21. The molecule has 0 saturated carbocycles. The molecule has 0 aromatic heterocycles. The van der Waals surface area contributed by atoms with Crippen LogP contribution in [0.3, 0.4) is 0 Å². The van der Waals surface area contributed by atoms with Crippen molar-refractivity contribution < 1.29 is 4.79 Å². The number of rotatable bonds is 1. The third-order valence-electron chi connectivity index (χ3n) is 2.54. The lowest BCUT2D eigenvalue weighted by Gasteiger charge is -2.21. The quantitative estimate of drug-likeness (QED) is 0.729. The molecule has 1 atom stereocenters. The van der Waals surface area contributed by atoms with E-state index < -0.39 is 0 Å². The van der Waals surface area contributed by atoms with Gasteiger partial charge in [-0.05, 0) is 24.1 Å². The van der Waals surface area contributed by atoms with E-state index in [1.54, 1.807) is 12.3 Å². The van der Waals surface area contributed by atoms with Crippen LogP contribution in [-0.4, -0.2) is 5.78 Å². The Balaban J connectivity index is 2.28. The third-order valence-corrected chi connectivity index (χ3v) is 2.54. The van der Waals surface area contributed by atoms with Crippen molar-refractivity contribution >= 4 is 5.78 Å². The Hall–Kier alpha value is -1.57. The Morgan fingerprint density at radius 3 is 2.86 bits per heavy atom. The van der Waals surface area contributed by atoms with Gasteiger partial charge < -0.3 is 5.32 Å². The SMILES string of the molecule is Cc1ccccc1[C@@H]1CC(=O)C=CN1. The molecule has 0 radical (unpaired) electrons. The topological polar surface area (TPSA) is 29.1 Å². The molecule has 1 aromatic carbocycles. The predicted molar refractivity (Wildman–Crippen MR) is 55.8 cm³/mol. The molecule has 0 fully saturated rings. The lowest BCUT2D eigenvalue weighted by Crippen LogP contribution is -2.23. The minimum Gasteiger partial charge on any atom is -0.384 e. The fourth-order valence-corrected chi connectivity index (χ4v) is 1.76. The fourth-order valence-electron chi connectivity index (χ4n) is 1.76. The van der Waals surface area contributed by atoms with E-state index in [2.05, 4.69) is 24.4 Å². The molecule has 72 valence electrons. The van der Waals surface area contributed by atoms with Crippen molar-refractivity contribution in [3.8, 4) is 0 Å². The lowest BCUT2D eigenvalue weighted by atomic mass is 9.96. The second-order valence-corrected chi connectivity index (χ2v) is 3.58. The summed E-state index contributed by atoms with van der Waals surface area (Å²) in [6.07, 6.45) is 3.89. The van der Waals surface area contributed by atoms with Crippen LogP contribution in [-0.2, 0) is 4.79 Å². The van der Waals surface area contributed by atoms with E-state index in [9.17, 15) is 4.79 Å². The Morgan fingerprint density at radius 1 is 1.36 bits per heavy atom. The molecule has 1 aliphatic heterocycles. The summed E-state index contributed by atoms with van der Waals surface area (Å²) in [7, 11) is 0. The second-order valence-electron chi connectivity index (χ2n) is 3.58. The summed E-state index contributed by atoms with van der Waals surface area (Å²) in [6.45, 7) is 2.07. The first-order chi connectivity index (χ1) is 6.77. The van der Waals surface area contributed by atoms with E-state index >= 15 is 0 Å². The van der Waals surface area contributed by atoms with E-state index in [1.807, 2.05) is 12.1 Å². The molecular weight excluding hydrogens is 174 g/mol. The van der Waals surface area contributed by atoms with Gasteiger partial charge in [-0.15, -0.1) is 0 Å². The molecule has 0 spiro atoms. The van der Waals surface area contributed by atoms with Gasteiger partial charge in [0.2, 0.25) is 0 Å². The highest BCUT2D eigenvalue weighted by Crippen LogP contribution is 2.22. The highest BCUT2D eigenvalue weighted by Gasteiger charge is 2.17.